The fraction of sp³-hybridized carbons (Fsp3) is 0.125. The lowest BCUT2D eigenvalue weighted by Gasteiger charge is -2.24. The van der Waals surface area contributed by atoms with Gasteiger partial charge in [-0.3, -0.25) is 9.36 Å². The molecule has 1 atom stereocenters. The number of esters is 1. The molecule has 0 saturated carbocycles. The molecular formula is C24H17F2N3O3S. The molecule has 0 saturated heterocycles. The minimum Gasteiger partial charge on any atom is -0.463 e. The number of allylic oxidation sites excluding steroid dienone is 1. The van der Waals surface area contributed by atoms with Crippen LogP contribution in [0.3, 0.4) is 0 Å². The highest BCUT2D eigenvalue weighted by Gasteiger charge is 2.36. The number of fused-ring (bicyclic) bond motifs is 1. The van der Waals surface area contributed by atoms with E-state index < -0.39 is 29.1 Å². The first-order valence-corrected chi connectivity index (χ1v) is 10.7. The van der Waals surface area contributed by atoms with E-state index in [-0.39, 0.29) is 32.8 Å². The molecule has 0 bridgehead atoms. The number of halogens is 2. The van der Waals surface area contributed by atoms with Crippen LogP contribution in [0.4, 0.5) is 8.78 Å². The second-order valence-electron chi connectivity index (χ2n) is 7.14. The van der Waals surface area contributed by atoms with Crippen molar-refractivity contribution in [2.45, 2.75) is 12.8 Å². The Bertz CT molecular complexity index is 1530. The van der Waals surface area contributed by atoms with Gasteiger partial charge in [0.1, 0.15) is 22.1 Å². The molecule has 6 nitrogen and oxygen atoms in total. The van der Waals surface area contributed by atoms with Gasteiger partial charge in [0.15, 0.2) is 0 Å². The molecule has 0 amide bonds. The van der Waals surface area contributed by atoms with Crippen molar-refractivity contribution in [1.82, 2.24) is 4.57 Å². The average Bonchev–Trinajstić information content (AvgIpc) is 3.09. The quantitative estimate of drug-likeness (QED) is 0.596. The molecular weight excluding hydrogens is 448 g/mol. The number of carbonyl (C=O) groups excluding carboxylic acids is 1. The molecule has 0 fully saturated rings. The van der Waals surface area contributed by atoms with Gasteiger partial charge in [0.05, 0.1) is 34.3 Å². The SMILES string of the molecule is CCOC(=O)C1=c2s/c(=C/c3cccc(F)c3)c(=O)n2C(N)=C(C#N)C1c1cccc(F)c1. The van der Waals surface area contributed by atoms with Crippen LogP contribution in [-0.2, 0) is 9.53 Å². The van der Waals surface area contributed by atoms with Crippen LogP contribution in [0.15, 0.2) is 58.9 Å². The maximum absolute atomic E-state index is 14.0. The molecule has 2 heterocycles. The van der Waals surface area contributed by atoms with Gasteiger partial charge in [-0.2, -0.15) is 5.26 Å². The van der Waals surface area contributed by atoms with Crippen LogP contribution in [0.2, 0.25) is 0 Å². The molecule has 166 valence electrons. The van der Waals surface area contributed by atoms with Gasteiger partial charge in [-0.15, -0.1) is 11.3 Å². The predicted octanol–water partition coefficient (Wildman–Crippen LogP) is 2.18. The summed E-state index contributed by atoms with van der Waals surface area (Å²) in [5.41, 5.74) is 6.35. The number of hydrogen-bond acceptors (Lipinski definition) is 6. The molecule has 2 aromatic carbocycles. The molecule has 3 aromatic rings. The van der Waals surface area contributed by atoms with Gasteiger partial charge in [0, 0.05) is 0 Å². The molecule has 1 unspecified atom stereocenters. The summed E-state index contributed by atoms with van der Waals surface area (Å²) < 4.78 is 34.3. The van der Waals surface area contributed by atoms with E-state index >= 15 is 0 Å². The van der Waals surface area contributed by atoms with Gasteiger partial charge >= 0.3 is 5.97 Å². The Balaban J connectivity index is 2.10. The fourth-order valence-electron chi connectivity index (χ4n) is 3.72. The van der Waals surface area contributed by atoms with Crippen LogP contribution < -0.4 is 20.5 Å². The van der Waals surface area contributed by atoms with Crippen molar-refractivity contribution in [1.29, 1.82) is 5.26 Å². The normalized spacial score (nSPS) is 15.9. The Hall–Kier alpha value is -4.03. The van der Waals surface area contributed by atoms with E-state index in [0.717, 1.165) is 15.9 Å². The first-order valence-electron chi connectivity index (χ1n) is 9.91. The van der Waals surface area contributed by atoms with Crippen molar-refractivity contribution in [2.24, 2.45) is 5.73 Å². The summed E-state index contributed by atoms with van der Waals surface area (Å²) in [7, 11) is 0. The topological polar surface area (TPSA) is 98.1 Å². The zero-order valence-electron chi connectivity index (χ0n) is 17.3. The zero-order valence-corrected chi connectivity index (χ0v) is 18.2. The number of nitriles is 1. The molecule has 1 aliphatic heterocycles. The number of nitrogens with two attached hydrogens (primary N) is 1. The van der Waals surface area contributed by atoms with E-state index in [1.54, 1.807) is 19.1 Å². The third-order valence-electron chi connectivity index (χ3n) is 5.09. The van der Waals surface area contributed by atoms with Crippen molar-refractivity contribution in [2.75, 3.05) is 6.61 Å². The van der Waals surface area contributed by atoms with E-state index in [2.05, 4.69) is 0 Å². The first-order chi connectivity index (χ1) is 15.8. The van der Waals surface area contributed by atoms with E-state index in [9.17, 15) is 23.6 Å². The average molecular weight is 465 g/mol. The Morgan fingerprint density at radius 2 is 1.94 bits per heavy atom. The van der Waals surface area contributed by atoms with Gasteiger partial charge in [-0.05, 0) is 48.4 Å². The lowest BCUT2D eigenvalue weighted by atomic mass is 9.84. The lowest BCUT2D eigenvalue weighted by Crippen LogP contribution is -2.40. The highest BCUT2D eigenvalue weighted by atomic mass is 32.1. The number of aromatic nitrogens is 1. The first kappa shape index (κ1) is 22.2. The van der Waals surface area contributed by atoms with Crippen molar-refractivity contribution in [3.05, 3.63) is 96.4 Å². The summed E-state index contributed by atoms with van der Waals surface area (Å²) in [6.45, 7) is 1.68. The number of thiazole rings is 1. The molecule has 33 heavy (non-hydrogen) atoms. The lowest BCUT2D eigenvalue weighted by molar-refractivity contribution is -0.136. The largest absolute Gasteiger partial charge is 0.463 e. The Labute approximate surface area is 190 Å². The van der Waals surface area contributed by atoms with Crippen molar-refractivity contribution < 1.29 is 18.3 Å². The second kappa shape index (κ2) is 8.84. The summed E-state index contributed by atoms with van der Waals surface area (Å²) in [6, 6.07) is 13.1. The third kappa shape index (κ3) is 3.97. The molecule has 1 aliphatic rings. The van der Waals surface area contributed by atoms with Gasteiger partial charge < -0.3 is 10.5 Å². The molecule has 0 spiro atoms. The Kier molecular flexibility index (Phi) is 5.94. The summed E-state index contributed by atoms with van der Waals surface area (Å²) in [4.78, 5) is 26.2. The Morgan fingerprint density at radius 1 is 1.24 bits per heavy atom. The molecule has 2 N–H and O–H groups in total. The number of carbonyl (C=O) groups is 1. The van der Waals surface area contributed by atoms with Gasteiger partial charge in [-0.25, -0.2) is 13.6 Å². The maximum Gasteiger partial charge on any atom is 0.338 e. The van der Waals surface area contributed by atoms with Crippen molar-refractivity contribution in [3.8, 4) is 6.07 Å². The van der Waals surface area contributed by atoms with Crippen LogP contribution in [0.5, 0.6) is 0 Å². The Morgan fingerprint density at radius 3 is 2.58 bits per heavy atom. The van der Waals surface area contributed by atoms with Gasteiger partial charge in [0.2, 0.25) is 0 Å². The van der Waals surface area contributed by atoms with Gasteiger partial charge in [0.25, 0.3) is 5.56 Å². The minimum absolute atomic E-state index is 0.00851. The highest BCUT2D eigenvalue weighted by molar-refractivity contribution is 7.07. The van der Waals surface area contributed by atoms with Crippen LogP contribution in [0.25, 0.3) is 17.5 Å². The third-order valence-corrected chi connectivity index (χ3v) is 6.20. The van der Waals surface area contributed by atoms with Crippen molar-refractivity contribution >= 4 is 34.8 Å². The summed E-state index contributed by atoms with van der Waals surface area (Å²) in [5.74, 6) is -2.96. The van der Waals surface area contributed by atoms with Crippen LogP contribution in [0, 0.1) is 23.0 Å². The van der Waals surface area contributed by atoms with Gasteiger partial charge in [-0.1, -0.05) is 24.3 Å². The van der Waals surface area contributed by atoms with Crippen LogP contribution >= 0.6 is 11.3 Å². The molecule has 0 radical (unpaired) electrons. The minimum atomic E-state index is -1.02. The van der Waals surface area contributed by atoms with E-state index in [0.29, 0.717) is 11.1 Å². The molecule has 4 rings (SSSR count). The van der Waals surface area contributed by atoms with Crippen LogP contribution in [0.1, 0.15) is 24.0 Å². The molecule has 0 aliphatic carbocycles. The molecule has 1 aromatic heterocycles. The van der Waals surface area contributed by atoms with Crippen LogP contribution in [-0.4, -0.2) is 17.1 Å². The summed E-state index contributed by atoms with van der Waals surface area (Å²) in [5, 5.41) is 9.87. The number of nitrogens with zero attached hydrogens (tertiary/aromatic N) is 2. The van der Waals surface area contributed by atoms with E-state index in [4.69, 9.17) is 10.5 Å². The number of hydrogen-bond donors (Lipinski definition) is 1. The monoisotopic (exact) mass is 465 g/mol. The highest BCUT2D eigenvalue weighted by Crippen LogP contribution is 2.36. The number of rotatable bonds is 4. The zero-order chi connectivity index (χ0) is 23.7. The van der Waals surface area contributed by atoms with E-state index in [1.807, 2.05) is 6.07 Å². The smallest absolute Gasteiger partial charge is 0.338 e. The fourth-order valence-corrected chi connectivity index (χ4v) is 4.89. The predicted molar refractivity (Wildman–Crippen MR) is 120 cm³/mol. The van der Waals surface area contributed by atoms with Crippen molar-refractivity contribution in [3.63, 3.8) is 0 Å². The number of benzene rings is 2. The number of ether oxygens (including phenoxy) is 1. The standard InChI is InChI=1S/C24H17F2N3O3S/c1-2-32-24(31)20-19(14-6-4-8-16(26)11-14)17(12-27)21(28)29-22(30)18(33-23(20)29)10-13-5-3-7-15(25)9-13/h3-11,19H,2,28H2,1H3/b18-10+. The van der Waals surface area contributed by atoms with E-state index in [1.165, 1.54) is 42.5 Å². The summed E-state index contributed by atoms with van der Waals surface area (Å²) >= 11 is 0.961. The second-order valence-corrected chi connectivity index (χ2v) is 8.17. The molecule has 9 heteroatoms. The summed E-state index contributed by atoms with van der Waals surface area (Å²) in [6.07, 6.45) is 1.47. The maximum atomic E-state index is 14.0.